The lowest BCUT2D eigenvalue weighted by molar-refractivity contribution is 0.597. The molecule has 2 aromatic carbocycles. The topological polar surface area (TPSA) is 70.8 Å². The zero-order valence-corrected chi connectivity index (χ0v) is 12.6. The van der Waals surface area contributed by atoms with Gasteiger partial charge in [0.05, 0.1) is 26.9 Å². The summed E-state index contributed by atoms with van der Waals surface area (Å²) >= 11 is 0. The van der Waals surface area contributed by atoms with Crippen LogP contribution in [0.2, 0.25) is 0 Å². The van der Waals surface area contributed by atoms with Crippen LogP contribution in [0.25, 0.3) is 10.9 Å². The van der Waals surface area contributed by atoms with Crippen LogP contribution in [0.15, 0.2) is 64.5 Å². The van der Waals surface area contributed by atoms with E-state index in [1.807, 2.05) is 13.0 Å². The molecule has 0 saturated heterocycles. The van der Waals surface area contributed by atoms with Gasteiger partial charge in [0.2, 0.25) is 9.84 Å². The monoisotopic (exact) mass is 308 g/mol. The highest BCUT2D eigenvalue weighted by Crippen LogP contribution is 2.27. The van der Waals surface area contributed by atoms with Crippen molar-refractivity contribution in [1.82, 2.24) is 4.98 Å². The van der Waals surface area contributed by atoms with E-state index in [4.69, 9.17) is 5.26 Å². The van der Waals surface area contributed by atoms with Crippen molar-refractivity contribution in [3.05, 3.63) is 65.9 Å². The van der Waals surface area contributed by atoms with E-state index in [-0.39, 0.29) is 9.79 Å². The van der Waals surface area contributed by atoms with Crippen molar-refractivity contribution in [2.24, 2.45) is 0 Å². The average Bonchev–Trinajstić information content (AvgIpc) is 2.54. The zero-order valence-electron chi connectivity index (χ0n) is 11.8. The van der Waals surface area contributed by atoms with Gasteiger partial charge in [0, 0.05) is 11.6 Å². The Morgan fingerprint density at radius 2 is 1.77 bits per heavy atom. The van der Waals surface area contributed by atoms with Gasteiger partial charge in [-0.1, -0.05) is 23.8 Å². The number of aryl methyl sites for hydroxylation is 1. The van der Waals surface area contributed by atoms with E-state index in [2.05, 4.69) is 4.98 Å². The number of hydrogen-bond acceptors (Lipinski definition) is 4. The number of benzene rings is 2. The van der Waals surface area contributed by atoms with Crippen LogP contribution in [-0.2, 0) is 9.84 Å². The predicted octanol–water partition coefficient (Wildman–Crippen LogP) is 3.25. The molecule has 1 heterocycles. The molecule has 22 heavy (non-hydrogen) atoms. The molecule has 5 heteroatoms. The summed E-state index contributed by atoms with van der Waals surface area (Å²) in [4.78, 5) is 4.60. The third-order valence-electron chi connectivity index (χ3n) is 3.45. The Morgan fingerprint density at radius 1 is 1.05 bits per heavy atom. The number of rotatable bonds is 2. The standard InChI is InChI=1S/C17H12N2O2S/c1-12-2-5-14(6-3-12)22(20,21)17-8-9-19-16-10-13(11-18)4-7-15(16)17/h2-10H,1H3. The fourth-order valence-electron chi connectivity index (χ4n) is 2.27. The Kier molecular flexibility index (Phi) is 3.39. The highest BCUT2D eigenvalue weighted by atomic mass is 32.2. The van der Waals surface area contributed by atoms with Crippen molar-refractivity contribution < 1.29 is 8.42 Å². The Hall–Kier alpha value is -2.71. The van der Waals surface area contributed by atoms with Gasteiger partial charge in [-0.15, -0.1) is 0 Å². The van der Waals surface area contributed by atoms with Gasteiger partial charge in [0.25, 0.3) is 0 Å². The van der Waals surface area contributed by atoms with Crippen molar-refractivity contribution in [3.63, 3.8) is 0 Å². The Bertz CT molecular complexity index is 1000. The molecule has 0 spiro atoms. The van der Waals surface area contributed by atoms with Gasteiger partial charge in [0.1, 0.15) is 0 Å². The van der Waals surface area contributed by atoms with Crippen LogP contribution in [0.5, 0.6) is 0 Å². The summed E-state index contributed by atoms with van der Waals surface area (Å²) in [7, 11) is -3.62. The lowest BCUT2D eigenvalue weighted by atomic mass is 10.1. The number of nitrogens with zero attached hydrogens (tertiary/aromatic N) is 2. The van der Waals surface area contributed by atoms with Gasteiger partial charge >= 0.3 is 0 Å². The molecule has 3 aromatic rings. The maximum absolute atomic E-state index is 12.8. The molecule has 0 radical (unpaired) electrons. The third-order valence-corrected chi connectivity index (χ3v) is 5.28. The van der Waals surface area contributed by atoms with Gasteiger partial charge in [-0.25, -0.2) is 8.42 Å². The molecule has 4 nitrogen and oxygen atoms in total. The minimum atomic E-state index is -3.62. The van der Waals surface area contributed by atoms with Gasteiger partial charge in [-0.05, 0) is 37.3 Å². The second-order valence-electron chi connectivity index (χ2n) is 4.97. The van der Waals surface area contributed by atoms with Gasteiger partial charge in [0.15, 0.2) is 0 Å². The number of sulfone groups is 1. The van der Waals surface area contributed by atoms with E-state index < -0.39 is 9.84 Å². The smallest absolute Gasteiger partial charge is 0.207 e. The van der Waals surface area contributed by atoms with Crippen molar-refractivity contribution in [2.75, 3.05) is 0 Å². The Labute approximate surface area is 128 Å². The molecule has 0 bridgehead atoms. The van der Waals surface area contributed by atoms with Crippen molar-refractivity contribution in [3.8, 4) is 6.07 Å². The fourth-order valence-corrected chi connectivity index (χ4v) is 3.72. The molecule has 1 aromatic heterocycles. The fraction of sp³-hybridized carbons (Fsp3) is 0.0588. The van der Waals surface area contributed by atoms with Crippen molar-refractivity contribution in [1.29, 1.82) is 5.26 Å². The maximum Gasteiger partial charge on any atom is 0.207 e. The first kappa shape index (κ1) is 14.2. The zero-order chi connectivity index (χ0) is 15.7. The van der Waals surface area contributed by atoms with E-state index in [0.29, 0.717) is 16.5 Å². The van der Waals surface area contributed by atoms with E-state index in [1.54, 1.807) is 42.5 Å². The predicted molar refractivity (Wildman–Crippen MR) is 83.1 cm³/mol. The lowest BCUT2D eigenvalue weighted by Crippen LogP contribution is -2.03. The number of pyridine rings is 1. The van der Waals surface area contributed by atoms with E-state index in [1.165, 1.54) is 12.3 Å². The summed E-state index contributed by atoms with van der Waals surface area (Å²) in [6.45, 7) is 1.90. The highest BCUT2D eigenvalue weighted by molar-refractivity contribution is 7.91. The molecule has 0 aliphatic rings. The molecular formula is C17H12N2O2S. The van der Waals surface area contributed by atoms with Crippen LogP contribution in [-0.4, -0.2) is 13.4 Å². The highest BCUT2D eigenvalue weighted by Gasteiger charge is 2.20. The van der Waals surface area contributed by atoms with E-state index in [9.17, 15) is 8.42 Å². The Balaban J connectivity index is 2.25. The SMILES string of the molecule is Cc1ccc(S(=O)(=O)c2ccnc3cc(C#N)ccc23)cc1. The molecule has 0 aliphatic heterocycles. The first-order valence-corrected chi connectivity index (χ1v) is 8.11. The molecule has 0 fully saturated rings. The first-order chi connectivity index (χ1) is 10.5. The minimum Gasteiger partial charge on any atom is -0.256 e. The van der Waals surface area contributed by atoms with Crippen molar-refractivity contribution in [2.45, 2.75) is 16.7 Å². The summed E-state index contributed by atoms with van der Waals surface area (Å²) in [5, 5.41) is 9.45. The number of aromatic nitrogens is 1. The van der Waals surface area contributed by atoms with Gasteiger partial charge < -0.3 is 0 Å². The minimum absolute atomic E-state index is 0.200. The normalized spacial score (nSPS) is 11.3. The summed E-state index contributed by atoms with van der Waals surface area (Å²) < 4.78 is 25.6. The van der Waals surface area contributed by atoms with Gasteiger partial charge in [-0.3, -0.25) is 4.98 Å². The molecule has 0 amide bonds. The van der Waals surface area contributed by atoms with Crippen LogP contribution < -0.4 is 0 Å². The molecule has 0 aliphatic carbocycles. The lowest BCUT2D eigenvalue weighted by Gasteiger charge is -2.08. The second-order valence-corrected chi connectivity index (χ2v) is 6.89. The summed E-state index contributed by atoms with van der Waals surface area (Å²) in [5.41, 5.74) is 1.94. The van der Waals surface area contributed by atoms with Gasteiger partial charge in [-0.2, -0.15) is 5.26 Å². The quantitative estimate of drug-likeness (QED) is 0.728. The average molecular weight is 308 g/mol. The molecule has 0 saturated carbocycles. The maximum atomic E-state index is 12.8. The summed E-state index contributed by atoms with van der Waals surface area (Å²) in [6.07, 6.45) is 1.45. The van der Waals surface area contributed by atoms with Crippen LogP contribution in [0.3, 0.4) is 0 Å². The first-order valence-electron chi connectivity index (χ1n) is 6.63. The van der Waals surface area contributed by atoms with E-state index in [0.717, 1.165) is 5.56 Å². The third kappa shape index (κ3) is 2.34. The summed E-state index contributed by atoms with van der Waals surface area (Å²) in [6, 6.07) is 15.1. The number of hydrogen-bond donors (Lipinski definition) is 0. The largest absolute Gasteiger partial charge is 0.256 e. The molecule has 0 N–H and O–H groups in total. The van der Waals surface area contributed by atoms with Crippen LogP contribution in [0, 0.1) is 18.3 Å². The molecule has 108 valence electrons. The van der Waals surface area contributed by atoms with Crippen LogP contribution >= 0.6 is 0 Å². The van der Waals surface area contributed by atoms with E-state index >= 15 is 0 Å². The number of nitriles is 1. The van der Waals surface area contributed by atoms with Crippen molar-refractivity contribution >= 4 is 20.7 Å². The second kappa shape index (κ2) is 5.24. The molecular weight excluding hydrogens is 296 g/mol. The Morgan fingerprint density at radius 3 is 2.45 bits per heavy atom. The molecule has 3 rings (SSSR count). The number of fused-ring (bicyclic) bond motifs is 1. The van der Waals surface area contributed by atoms with Crippen LogP contribution in [0.4, 0.5) is 0 Å². The van der Waals surface area contributed by atoms with Crippen LogP contribution in [0.1, 0.15) is 11.1 Å². The molecule has 0 atom stereocenters. The summed E-state index contributed by atoms with van der Waals surface area (Å²) in [5.74, 6) is 0. The molecule has 0 unspecified atom stereocenters.